The van der Waals surface area contributed by atoms with Gasteiger partial charge in [0.05, 0.1) is 0 Å². The molecule has 21 heavy (non-hydrogen) atoms. The molecule has 104 valence electrons. The van der Waals surface area contributed by atoms with Gasteiger partial charge in [0.2, 0.25) is 0 Å². The maximum Gasteiger partial charge on any atom is 0.143 e. The van der Waals surface area contributed by atoms with Crippen molar-refractivity contribution < 1.29 is 5.11 Å². The molecule has 0 amide bonds. The molecule has 0 radical (unpaired) electrons. The van der Waals surface area contributed by atoms with E-state index in [0.29, 0.717) is 16.1 Å². The number of hydrogen-bond acceptors (Lipinski definition) is 3. The van der Waals surface area contributed by atoms with Crippen molar-refractivity contribution in [3.8, 4) is 0 Å². The zero-order valence-corrected chi connectivity index (χ0v) is 11.9. The predicted octanol–water partition coefficient (Wildman–Crippen LogP) is 3.41. The number of aliphatic hydroxyl groups is 1. The van der Waals surface area contributed by atoms with Crippen molar-refractivity contribution in [1.82, 2.24) is 9.97 Å². The second-order valence-electron chi connectivity index (χ2n) is 4.71. The molecular weight excluding hydrogens is 284 g/mol. The molecule has 1 atom stereocenters. The average Bonchev–Trinajstić information content (AvgIpc) is 2.56. The summed E-state index contributed by atoms with van der Waals surface area (Å²) < 4.78 is 0. The molecule has 4 heteroatoms. The van der Waals surface area contributed by atoms with Crippen molar-refractivity contribution in [2.45, 2.75) is 5.60 Å². The molecule has 0 bridgehead atoms. The van der Waals surface area contributed by atoms with Gasteiger partial charge in [0, 0.05) is 23.0 Å². The van der Waals surface area contributed by atoms with E-state index in [9.17, 15) is 5.11 Å². The zero-order valence-electron chi connectivity index (χ0n) is 11.1. The van der Waals surface area contributed by atoms with E-state index in [1.165, 1.54) is 6.33 Å². The number of hydrogen-bond donors (Lipinski definition) is 1. The van der Waals surface area contributed by atoms with E-state index in [4.69, 9.17) is 11.6 Å². The van der Waals surface area contributed by atoms with Crippen LogP contribution in [-0.2, 0) is 5.60 Å². The summed E-state index contributed by atoms with van der Waals surface area (Å²) in [5, 5.41) is 12.0. The van der Waals surface area contributed by atoms with Crippen LogP contribution in [0.25, 0.3) is 0 Å². The lowest BCUT2D eigenvalue weighted by Gasteiger charge is -2.29. The minimum absolute atomic E-state index is 0.610. The molecule has 0 saturated heterocycles. The minimum Gasteiger partial charge on any atom is -0.376 e. The first-order chi connectivity index (χ1) is 10.2. The van der Waals surface area contributed by atoms with Gasteiger partial charge < -0.3 is 5.11 Å². The molecule has 1 unspecified atom stereocenters. The third kappa shape index (κ3) is 2.53. The highest BCUT2D eigenvalue weighted by Crippen LogP contribution is 2.36. The summed E-state index contributed by atoms with van der Waals surface area (Å²) in [6.45, 7) is 0. The van der Waals surface area contributed by atoms with Crippen LogP contribution in [0.15, 0.2) is 73.3 Å². The smallest absolute Gasteiger partial charge is 0.143 e. The van der Waals surface area contributed by atoms with Crippen LogP contribution in [0.3, 0.4) is 0 Å². The normalized spacial score (nSPS) is 13.6. The second-order valence-corrected chi connectivity index (χ2v) is 5.15. The fourth-order valence-electron chi connectivity index (χ4n) is 2.36. The molecule has 0 aliphatic carbocycles. The van der Waals surface area contributed by atoms with Crippen LogP contribution in [0.2, 0.25) is 5.02 Å². The number of halogens is 1. The first-order valence-electron chi connectivity index (χ1n) is 6.50. The lowest BCUT2D eigenvalue weighted by molar-refractivity contribution is 0.125. The molecule has 0 aliphatic rings. The van der Waals surface area contributed by atoms with E-state index in [0.717, 1.165) is 5.56 Å². The molecule has 1 N–H and O–H groups in total. The summed E-state index contributed by atoms with van der Waals surface area (Å²) in [5.74, 6) is 0. The van der Waals surface area contributed by atoms with Gasteiger partial charge in [-0.1, -0.05) is 54.1 Å². The van der Waals surface area contributed by atoms with Gasteiger partial charge in [-0.2, -0.15) is 0 Å². The highest BCUT2D eigenvalue weighted by Gasteiger charge is 2.34. The molecule has 0 fully saturated rings. The van der Waals surface area contributed by atoms with Gasteiger partial charge in [-0.05, 0) is 23.3 Å². The summed E-state index contributed by atoms with van der Waals surface area (Å²) >= 11 is 5.95. The zero-order chi connectivity index (χ0) is 14.7. The highest BCUT2D eigenvalue weighted by atomic mass is 35.5. The van der Waals surface area contributed by atoms with Crippen molar-refractivity contribution >= 4 is 11.6 Å². The third-order valence-electron chi connectivity index (χ3n) is 3.43. The van der Waals surface area contributed by atoms with Crippen LogP contribution in [-0.4, -0.2) is 15.1 Å². The Kier molecular flexibility index (Phi) is 3.69. The molecule has 0 saturated carbocycles. The van der Waals surface area contributed by atoms with Gasteiger partial charge in [0.1, 0.15) is 11.9 Å². The standard InChI is InChI=1S/C17H13ClN2O/c18-16-8-6-14(7-9-16)17(21,13-4-2-1-3-5-13)15-10-19-12-20-11-15/h1-12,21H. The minimum atomic E-state index is -1.31. The Balaban J connectivity index is 2.23. The fourth-order valence-corrected chi connectivity index (χ4v) is 2.48. The molecule has 1 heterocycles. The number of nitrogens with zero attached hydrogens (tertiary/aromatic N) is 2. The summed E-state index contributed by atoms with van der Waals surface area (Å²) in [6.07, 6.45) is 4.68. The Morgan fingerprint density at radius 1 is 0.762 bits per heavy atom. The molecule has 3 rings (SSSR count). The van der Waals surface area contributed by atoms with Gasteiger partial charge >= 0.3 is 0 Å². The quantitative estimate of drug-likeness (QED) is 0.805. The third-order valence-corrected chi connectivity index (χ3v) is 3.68. The second kappa shape index (κ2) is 5.64. The Hall–Kier alpha value is -2.23. The SMILES string of the molecule is OC(c1ccccc1)(c1ccc(Cl)cc1)c1cncnc1. The fraction of sp³-hybridized carbons (Fsp3) is 0.0588. The molecule has 1 aromatic heterocycles. The number of aromatic nitrogens is 2. The van der Waals surface area contributed by atoms with Gasteiger partial charge in [0.15, 0.2) is 0 Å². The van der Waals surface area contributed by atoms with E-state index in [2.05, 4.69) is 9.97 Å². The van der Waals surface area contributed by atoms with Crippen LogP contribution >= 0.6 is 11.6 Å². The molecule has 3 nitrogen and oxygen atoms in total. The molecule has 2 aromatic carbocycles. The lowest BCUT2D eigenvalue weighted by Crippen LogP contribution is -2.29. The van der Waals surface area contributed by atoms with Crippen molar-refractivity contribution in [3.63, 3.8) is 0 Å². The van der Waals surface area contributed by atoms with E-state index < -0.39 is 5.60 Å². The van der Waals surface area contributed by atoms with E-state index >= 15 is 0 Å². The Labute approximate surface area is 127 Å². The number of benzene rings is 2. The van der Waals surface area contributed by atoms with Gasteiger partial charge in [0.25, 0.3) is 0 Å². The van der Waals surface area contributed by atoms with Gasteiger partial charge in [-0.25, -0.2) is 9.97 Å². The summed E-state index contributed by atoms with van der Waals surface area (Å²) in [6, 6.07) is 16.6. The summed E-state index contributed by atoms with van der Waals surface area (Å²) in [7, 11) is 0. The van der Waals surface area contributed by atoms with Crippen LogP contribution < -0.4 is 0 Å². The molecule has 3 aromatic rings. The molecule has 0 spiro atoms. The van der Waals surface area contributed by atoms with E-state index in [-0.39, 0.29) is 0 Å². The van der Waals surface area contributed by atoms with Gasteiger partial charge in [-0.3, -0.25) is 0 Å². The van der Waals surface area contributed by atoms with Crippen molar-refractivity contribution in [3.05, 3.63) is 95.0 Å². The largest absolute Gasteiger partial charge is 0.376 e. The van der Waals surface area contributed by atoms with E-state index in [1.807, 2.05) is 42.5 Å². The van der Waals surface area contributed by atoms with Crippen molar-refractivity contribution in [2.24, 2.45) is 0 Å². The van der Waals surface area contributed by atoms with Crippen molar-refractivity contribution in [2.75, 3.05) is 0 Å². The maximum atomic E-state index is 11.4. The Morgan fingerprint density at radius 2 is 1.33 bits per heavy atom. The monoisotopic (exact) mass is 296 g/mol. The summed E-state index contributed by atoms with van der Waals surface area (Å²) in [4.78, 5) is 8.04. The van der Waals surface area contributed by atoms with Crippen LogP contribution in [0.1, 0.15) is 16.7 Å². The lowest BCUT2D eigenvalue weighted by atomic mass is 9.82. The average molecular weight is 297 g/mol. The Bertz CT molecular complexity index is 675. The van der Waals surface area contributed by atoms with Crippen LogP contribution in [0, 0.1) is 0 Å². The van der Waals surface area contributed by atoms with Crippen molar-refractivity contribution in [1.29, 1.82) is 0 Å². The van der Waals surface area contributed by atoms with Gasteiger partial charge in [-0.15, -0.1) is 0 Å². The van der Waals surface area contributed by atoms with E-state index in [1.54, 1.807) is 24.5 Å². The van der Waals surface area contributed by atoms with Crippen LogP contribution in [0.5, 0.6) is 0 Å². The topological polar surface area (TPSA) is 46.0 Å². The first-order valence-corrected chi connectivity index (χ1v) is 6.88. The molecular formula is C17H13ClN2O. The highest BCUT2D eigenvalue weighted by molar-refractivity contribution is 6.30. The molecule has 0 aliphatic heterocycles. The Morgan fingerprint density at radius 3 is 1.95 bits per heavy atom. The van der Waals surface area contributed by atoms with Crippen LogP contribution in [0.4, 0.5) is 0 Å². The number of rotatable bonds is 3. The first kappa shape index (κ1) is 13.7. The summed E-state index contributed by atoms with van der Waals surface area (Å²) in [5.41, 5.74) is 0.765. The predicted molar refractivity (Wildman–Crippen MR) is 82.0 cm³/mol. The maximum absolute atomic E-state index is 11.4.